The number of aliphatic hydroxyl groups excluding tert-OH is 1. The summed E-state index contributed by atoms with van der Waals surface area (Å²) in [5, 5.41) is 12.7. The van der Waals surface area contributed by atoms with Crippen LogP contribution in [0.3, 0.4) is 0 Å². The van der Waals surface area contributed by atoms with Crippen molar-refractivity contribution >= 4 is 5.82 Å². The fourth-order valence-electron chi connectivity index (χ4n) is 2.50. The largest absolute Gasteiger partial charge is 0.396 e. The van der Waals surface area contributed by atoms with Crippen LogP contribution in [0.1, 0.15) is 25.7 Å². The predicted octanol–water partition coefficient (Wildman–Crippen LogP) is 2.29. The summed E-state index contributed by atoms with van der Waals surface area (Å²) in [5.74, 6) is 2.01. The van der Waals surface area contributed by atoms with Crippen molar-refractivity contribution in [1.82, 2.24) is 4.98 Å². The van der Waals surface area contributed by atoms with Crippen molar-refractivity contribution in [3.8, 4) is 0 Å². The smallest absolute Gasteiger partial charge is 0.125 e. The number of aromatic nitrogens is 1. The Kier molecular flexibility index (Phi) is 4.17. The molecule has 2 unspecified atom stereocenters. The number of hydrogen-bond donors (Lipinski definition) is 2. The number of nitrogens with one attached hydrogen (secondary N) is 1. The molecule has 0 bridgehead atoms. The molecule has 1 aliphatic carbocycles. The minimum Gasteiger partial charge on any atom is -0.396 e. The first-order valence-electron chi connectivity index (χ1n) is 6.16. The molecule has 1 saturated carbocycles. The van der Waals surface area contributed by atoms with E-state index in [2.05, 4.69) is 10.3 Å². The van der Waals surface area contributed by atoms with Crippen molar-refractivity contribution in [3.63, 3.8) is 0 Å². The Morgan fingerprint density at radius 2 is 2.06 bits per heavy atom. The topological polar surface area (TPSA) is 45.1 Å². The zero-order valence-corrected chi connectivity index (χ0v) is 9.60. The van der Waals surface area contributed by atoms with Crippen LogP contribution in [0.4, 0.5) is 5.82 Å². The molecule has 3 heteroatoms. The zero-order valence-electron chi connectivity index (χ0n) is 9.60. The highest BCUT2D eigenvalue weighted by Crippen LogP contribution is 2.29. The molecule has 0 radical (unpaired) electrons. The molecule has 1 aromatic heterocycles. The molecule has 3 nitrogen and oxygen atoms in total. The van der Waals surface area contributed by atoms with Crippen LogP contribution in [0.15, 0.2) is 24.4 Å². The molecule has 2 rings (SSSR count). The average molecular weight is 220 g/mol. The predicted molar refractivity (Wildman–Crippen MR) is 65.3 cm³/mol. The van der Waals surface area contributed by atoms with E-state index in [-0.39, 0.29) is 0 Å². The first kappa shape index (κ1) is 11.4. The Morgan fingerprint density at radius 3 is 2.75 bits per heavy atom. The van der Waals surface area contributed by atoms with Crippen LogP contribution in [0.5, 0.6) is 0 Å². The van der Waals surface area contributed by atoms with E-state index < -0.39 is 0 Å². The van der Waals surface area contributed by atoms with E-state index in [4.69, 9.17) is 0 Å². The standard InChI is InChI=1S/C13H20N2O/c16-10-12-6-2-1-5-11(12)9-15-13-7-3-4-8-14-13/h3-4,7-8,11-12,16H,1-2,5-6,9-10H2,(H,14,15). The van der Waals surface area contributed by atoms with Crippen molar-refractivity contribution in [1.29, 1.82) is 0 Å². The van der Waals surface area contributed by atoms with Gasteiger partial charge in [0.05, 0.1) is 0 Å². The van der Waals surface area contributed by atoms with Gasteiger partial charge in [0.25, 0.3) is 0 Å². The average Bonchev–Trinajstić information content (AvgIpc) is 2.38. The summed E-state index contributed by atoms with van der Waals surface area (Å²) in [6.07, 6.45) is 6.76. The lowest BCUT2D eigenvalue weighted by atomic mass is 9.79. The van der Waals surface area contributed by atoms with Crippen LogP contribution < -0.4 is 5.32 Å². The molecular weight excluding hydrogens is 200 g/mol. The molecule has 0 aliphatic heterocycles. The van der Waals surface area contributed by atoms with Gasteiger partial charge in [-0.3, -0.25) is 0 Å². The van der Waals surface area contributed by atoms with Crippen molar-refractivity contribution in [3.05, 3.63) is 24.4 Å². The van der Waals surface area contributed by atoms with Crippen molar-refractivity contribution in [2.24, 2.45) is 11.8 Å². The third-order valence-electron chi connectivity index (χ3n) is 3.51. The van der Waals surface area contributed by atoms with E-state index in [0.717, 1.165) is 12.4 Å². The summed E-state index contributed by atoms with van der Waals surface area (Å²) in [4.78, 5) is 4.24. The third-order valence-corrected chi connectivity index (χ3v) is 3.51. The highest BCUT2D eigenvalue weighted by Gasteiger charge is 2.23. The second kappa shape index (κ2) is 5.85. The van der Waals surface area contributed by atoms with Gasteiger partial charge in [0.15, 0.2) is 0 Å². The molecule has 2 atom stereocenters. The van der Waals surface area contributed by atoms with Gasteiger partial charge in [-0.2, -0.15) is 0 Å². The van der Waals surface area contributed by atoms with Crippen molar-refractivity contribution < 1.29 is 5.11 Å². The van der Waals surface area contributed by atoms with Gasteiger partial charge in [0.1, 0.15) is 5.82 Å². The summed E-state index contributed by atoms with van der Waals surface area (Å²) >= 11 is 0. The third kappa shape index (κ3) is 2.95. The van der Waals surface area contributed by atoms with Gasteiger partial charge >= 0.3 is 0 Å². The molecule has 1 aromatic rings. The van der Waals surface area contributed by atoms with E-state index in [1.807, 2.05) is 18.2 Å². The monoisotopic (exact) mass is 220 g/mol. The van der Waals surface area contributed by atoms with E-state index in [1.165, 1.54) is 25.7 Å². The number of pyridine rings is 1. The Labute approximate surface area is 96.9 Å². The fourth-order valence-corrected chi connectivity index (χ4v) is 2.50. The van der Waals surface area contributed by atoms with Gasteiger partial charge in [0.2, 0.25) is 0 Å². The molecule has 88 valence electrons. The van der Waals surface area contributed by atoms with Crippen molar-refractivity contribution in [2.75, 3.05) is 18.5 Å². The second-order valence-corrected chi connectivity index (χ2v) is 4.58. The SMILES string of the molecule is OCC1CCCCC1CNc1ccccn1. The lowest BCUT2D eigenvalue weighted by molar-refractivity contribution is 0.141. The Hall–Kier alpha value is -1.09. The number of anilines is 1. The highest BCUT2D eigenvalue weighted by molar-refractivity contribution is 5.33. The molecule has 0 amide bonds. The number of rotatable bonds is 4. The summed E-state index contributed by atoms with van der Waals surface area (Å²) in [6, 6.07) is 5.89. The van der Waals surface area contributed by atoms with Crippen LogP contribution in [0.2, 0.25) is 0 Å². The molecule has 0 aromatic carbocycles. The molecule has 0 spiro atoms. The van der Waals surface area contributed by atoms with Gasteiger partial charge in [-0.05, 0) is 36.8 Å². The van der Waals surface area contributed by atoms with E-state index >= 15 is 0 Å². The fraction of sp³-hybridized carbons (Fsp3) is 0.615. The molecular formula is C13H20N2O. The molecule has 1 heterocycles. The normalized spacial score (nSPS) is 25.3. The van der Waals surface area contributed by atoms with Crippen LogP contribution in [-0.4, -0.2) is 23.2 Å². The van der Waals surface area contributed by atoms with Gasteiger partial charge in [-0.15, -0.1) is 0 Å². The van der Waals surface area contributed by atoms with E-state index in [9.17, 15) is 5.11 Å². The number of hydrogen-bond acceptors (Lipinski definition) is 3. The Bertz CT molecular complexity index is 302. The second-order valence-electron chi connectivity index (χ2n) is 4.58. The molecule has 1 aliphatic rings. The molecule has 1 fully saturated rings. The number of aliphatic hydroxyl groups is 1. The van der Waals surface area contributed by atoms with Gasteiger partial charge in [-0.1, -0.05) is 18.9 Å². The van der Waals surface area contributed by atoms with E-state index in [0.29, 0.717) is 18.4 Å². The maximum atomic E-state index is 9.32. The van der Waals surface area contributed by atoms with Gasteiger partial charge in [0, 0.05) is 19.3 Å². The first-order valence-corrected chi connectivity index (χ1v) is 6.16. The van der Waals surface area contributed by atoms with Crippen LogP contribution in [0, 0.1) is 11.8 Å². The summed E-state index contributed by atoms with van der Waals surface area (Å²) in [7, 11) is 0. The Balaban J connectivity index is 1.84. The van der Waals surface area contributed by atoms with Crippen LogP contribution >= 0.6 is 0 Å². The van der Waals surface area contributed by atoms with Gasteiger partial charge in [-0.25, -0.2) is 4.98 Å². The quantitative estimate of drug-likeness (QED) is 0.818. The molecule has 0 saturated heterocycles. The van der Waals surface area contributed by atoms with Crippen LogP contribution in [0.25, 0.3) is 0 Å². The maximum absolute atomic E-state index is 9.32. The van der Waals surface area contributed by atoms with E-state index in [1.54, 1.807) is 6.20 Å². The zero-order chi connectivity index (χ0) is 11.2. The van der Waals surface area contributed by atoms with Crippen molar-refractivity contribution in [2.45, 2.75) is 25.7 Å². The van der Waals surface area contributed by atoms with Crippen LogP contribution in [-0.2, 0) is 0 Å². The summed E-state index contributed by atoms with van der Waals surface area (Å²) in [5.41, 5.74) is 0. The first-order chi connectivity index (χ1) is 7.90. The maximum Gasteiger partial charge on any atom is 0.125 e. The minimum atomic E-state index is 0.328. The molecule has 2 N–H and O–H groups in total. The number of nitrogens with zero attached hydrogens (tertiary/aromatic N) is 1. The highest BCUT2D eigenvalue weighted by atomic mass is 16.3. The summed E-state index contributed by atoms with van der Waals surface area (Å²) < 4.78 is 0. The van der Waals surface area contributed by atoms with Gasteiger partial charge < -0.3 is 10.4 Å². The lowest BCUT2D eigenvalue weighted by Gasteiger charge is -2.30. The Morgan fingerprint density at radius 1 is 1.25 bits per heavy atom. The minimum absolute atomic E-state index is 0.328. The summed E-state index contributed by atoms with van der Waals surface area (Å²) in [6.45, 7) is 1.26. The molecule has 16 heavy (non-hydrogen) atoms. The lowest BCUT2D eigenvalue weighted by Crippen LogP contribution is -2.28.